The van der Waals surface area contributed by atoms with E-state index in [0.717, 1.165) is 0 Å². The van der Waals surface area contributed by atoms with Crippen molar-refractivity contribution in [2.45, 2.75) is 5.51 Å². The average molecular weight is 193 g/mol. The molecule has 0 atom stereocenters. The van der Waals surface area contributed by atoms with Gasteiger partial charge in [0.05, 0.1) is 0 Å². The second kappa shape index (κ2) is 2.57. The number of nitrogens with one attached hydrogen (secondary N) is 1. The fourth-order valence-corrected chi connectivity index (χ4v) is 0.518. The lowest BCUT2D eigenvalue weighted by Crippen LogP contribution is -2.39. The highest BCUT2D eigenvalue weighted by molar-refractivity contribution is 7.90. The fraction of sp³-hybridized carbons (Fsp3) is 0.500. The Morgan fingerprint density at radius 2 is 1.73 bits per heavy atom. The molecule has 1 amide bonds. The van der Waals surface area contributed by atoms with E-state index in [2.05, 4.69) is 0 Å². The molecule has 0 aromatic rings. The summed E-state index contributed by atoms with van der Waals surface area (Å²) < 4.78 is 53.9. The molecule has 2 N–H and O–H groups in total. The van der Waals surface area contributed by atoms with E-state index >= 15 is 0 Å². The van der Waals surface area contributed by atoms with Gasteiger partial charge in [-0.05, 0) is 0 Å². The molecule has 66 valence electrons. The number of hydrogen-bond acceptors (Lipinski definition) is 3. The van der Waals surface area contributed by atoms with Gasteiger partial charge in [-0.25, -0.2) is 9.52 Å². The molecular weight excluding hydrogens is 191 g/mol. The first-order valence-corrected chi connectivity index (χ1v) is 3.47. The predicted octanol–water partition coefficient (Wildman–Crippen LogP) is 0.104. The van der Waals surface area contributed by atoms with Crippen LogP contribution >= 0.6 is 0 Å². The van der Waals surface area contributed by atoms with Crippen LogP contribution in [-0.2, 0) is 10.0 Å². The van der Waals surface area contributed by atoms with Crippen molar-refractivity contribution in [1.82, 2.24) is 4.72 Å². The van der Waals surface area contributed by atoms with Gasteiger partial charge >= 0.3 is 21.6 Å². The minimum Gasteiger partial charge on any atom is -0.464 e. The molecule has 0 aliphatic rings. The lowest BCUT2D eigenvalue weighted by molar-refractivity contribution is -0.0446. The van der Waals surface area contributed by atoms with Crippen LogP contribution in [0, 0.1) is 0 Å². The summed E-state index contributed by atoms with van der Waals surface area (Å²) in [5.41, 5.74) is -5.59. The van der Waals surface area contributed by atoms with Crippen molar-refractivity contribution in [3.05, 3.63) is 0 Å². The van der Waals surface area contributed by atoms with E-state index in [4.69, 9.17) is 5.11 Å². The van der Waals surface area contributed by atoms with E-state index < -0.39 is 21.6 Å². The molecule has 0 fully saturated rings. The van der Waals surface area contributed by atoms with Crippen molar-refractivity contribution in [2.24, 2.45) is 0 Å². The van der Waals surface area contributed by atoms with E-state index in [0.29, 0.717) is 4.72 Å². The maximum Gasteiger partial charge on any atom is 0.516 e. The molecule has 0 bridgehead atoms. The molecule has 0 aliphatic heterocycles. The van der Waals surface area contributed by atoms with Crippen molar-refractivity contribution >= 4 is 16.1 Å². The highest BCUT2D eigenvalue weighted by atomic mass is 32.2. The summed E-state index contributed by atoms with van der Waals surface area (Å²) in [5.74, 6) is 0. The third-order valence-corrected chi connectivity index (χ3v) is 1.58. The lowest BCUT2D eigenvalue weighted by Gasteiger charge is -2.05. The van der Waals surface area contributed by atoms with Crippen LogP contribution in [0.4, 0.5) is 18.0 Å². The molecular formula is C2H2F3NO4S. The van der Waals surface area contributed by atoms with Crippen LogP contribution in [0.5, 0.6) is 0 Å². The van der Waals surface area contributed by atoms with Crippen LogP contribution in [0.2, 0.25) is 0 Å². The number of alkyl halides is 3. The third kappa shape index (κ3) is 2.62. The van der Waals surface area contributed by atoms with Gasteiger partial charge in [0.2, 0.25) is 0 Å². The Balaban J connectivity index is 4.64. The molecule has 9 heteroatoms. The molecule has 0 rings (SSSR count). The van der Waals surface area contributed by atoms with Gasteiger partial charge in [-0.2, -0.15) is 21.6 Å². The largest absolute Gasteiger partial charge is 0.516 e. The van der Waals surface area contributed by atoms with Crippen LogP contribution in [0.3, 0.4) is 0 Å². The summed E-state index contributed by atoms with van der Waals surface area (Å²) in [6, 6.07) is 0. The molecule has 0 spiro atoms. The molecule has 11 heavy (non-hydrogen) atoms. The lowest BCUT2D eigenvalue weighted by atomic mass is 11.3. The van der Waals surface area contributed by atoms with E-state index in [1.54, 1.807) is 0 Å². The number of rotatable bonds is 1. The van der Waals surface area contributed by atoms with Crippen molar-refractivity contribution in [1.29, 1.82) is 0 Å². The van der Waals surface area contributed by atoms with Gasteiger partial charge in [-0.1, -0.05) is 0 Å². The Labute approximate surface area is 58.9 Å². The van der Waals surface area contributed by atoms with Crippen molar-refractivity contribution in [2.75, 3.05) is 0 Å². The minimum absolute atomic E-state index is 0.323. The molecule has 0 aliphatic carbocycles. The van der Waals surface area contributed by atoms with E-state index in [1.807, 2.05) is 0 Å². The summed E-state index contributed by atoms with van der Waals surface area (Å²) in [5, 5.41) is 7.62. The van der Waals surface area contributed by atoms with Crippen LogP contribution in [-0.4, -0.2) is 25.1 Å². The number of carboxylic acid groups (broad SMARTS) is 1. The van der Waals surface area contributed by atoms with E-state index in [1.165, 1.54) is 0 Å². The zero-order valence-electron chi connectivity index (χ0n) is 4.71. The standard InChI is InChI=1S/C2H2F3NO4S/c3-2(4,5)11(9,10)6-1(7)8/h6H,(H,7,8). The second-order valence-corrected chi connectivity index (χ2v) is 3.03. The summed E-state index contributed by atoms with van der Waals surface area (Å²) in [6.45, 7) is 0. The third-order valence-electron chi connectivity index (χ3n) is 0.526. The quantitative estimate of drug-likeness (QED) is 0.618. The van der Waals surface area contributed by atoms with Gasteiger partial charge in [-0.15, -0.1) is 0 Å². The molecule has 0 saturated carbocycles. The van der Waals surface area contributed by atoms with Crippen LogP contribution in [0.15, 0.2) is 0 Å². The highest BCUT2D eigenvalue weighted by Crippen LogP contribution is 2.21. The zero-order chi connectivity index (χ0) is 9.28. The SMILES string of the molecule is O=C(O)NS(=O)(=O)C(F)(F)F. The van der Waals surface area contributed by atoms with Crippen LogP contribution in [0.25, 0.3) is 0 Å². The predicted molar refractivity (Wildman–Crippen MR) is 26.1 cm³/mol. The molecule has 5 nitrogen and oxygen atoms in total. The molecule has 0 aromatic heterocycles. The van der Waals surface area contributed by atoms with Gasteiger partial charge in [0, 0.05) is 0 Å². The molecule has 0 saturated heterocycles. The molecule has 0 unspecified atom stereocenters. The van der Waals surface area contributed by atoms with Crippen LogP contribution < -0.4 is 4.72 Å². The number of carbonyl (C=O) groups is 1. The van der Waals surface area contributed by atoms with Crippen molar-refractivity contribution in [3.63, 3.8) is 0 Å². The average Bonchev–Trinajstić information content (AvgIpc) is 1.56. The minimum atomic E-state index is -5.75. The second-order valence-electron chi connectivity index (χ2n) is 1.36. The fourth-order valence-electron chi connectivity index (χ4n) is 0.173. The van der Waals surface area contributed by atoms with Gasteiger partial charge in [0.15, 0.2) is 0 Å². The van der Waals surface area contributed by atoms with Gasteiger partial charge < -0.3 is 5.11 Å². The number of halogens is 3. The number of hydrogen-bond donors (Lipinski definition) is 2. The number of sulfonamides is 1. The Hall–Kier alpha value is -0.990. The van der Waals surface area contributed by atoms with E-state index in [9.17, 15) is 26.4 Å². The highest BCUT2D eigenvalue weighted by Gasteiger charge is 2.47. The molecule has 0 heterocycles. The first-order chi connectivity index (χ1) is 4.67. The first-order valence-electron chi connectivity index (χ1n) is 1.99. The maximum atomic E-state index is 11.3. The Morgan fingerprint density at radius 1 is 1.36 bits per heavy atom. The van der Waals surface area contributed by atoms with Crippen molar-refractivity contribution < 1.29 is 31.5 Å². The van der Waals surface area contributed by atoms with Crippen LogP contribution in [0.1, 0.15) is 0 Å². The Morgan fingerprint density at radius 3 is 1.82 bits per heavy atom. The Kier molecular flexibility index (Phi) is 2.33. The molecule has 0 aromatic carbocycles. The summed E-state index contributed by atoms with van der Waals surface area (Å²) in [4.78, 5) is 9.47. The maximum absolute atomic E-state index is 11.3. The van der Waals surface area contributed by atoms with Crippen molar-refractivity contribution in [3.8, 4) is 0 Å². The Bertz CT molecular complexity index is 253. The normalized spacial score (nSPS) is 12.6. The number of amides is 1. The molecule has 0 radical (unpaired) electrons. The summed E-state index contributed by atoms with van der Waals surface area (Å²) in [6.07, 6.45) is -2.28. The first kappa shape index (κ1) is 10.0. The monoisotopic (exact) mass is 193 g/mol. The zero-order valence-corrected chi connectivity index (χ0v) is 5.53. The summed E-state index contributed by atoms with van der Waals surface area (Å²) >= 11 is 0. The van der Waals surface area contributed by atoms with E-state index in [-0.39, 0.29) is 0 Å². The van der Waals surface area contributed by atoms with Gasteiger partial charge in [0.25, 0.3) is 0 Å². The topological polar surface area (TPSA) is 83.5 Å². The smallest absolute Gasteiger partial charge is 0.464 e. The summed E-state index contributed by atoms with van der Waals surface area (Å²) in [7, 11) is -5.75. The van der Waals surface area contributed by atoms with Gasteiger partial charge in [-0.3, -0.25) is 0 Å². The van der Waals surface area contributed by atoms with Gasteiger partial charge in [0.1, 0.15) is 0 Å².